The van der Waals surface area contributed by atoms with E-state index < -0.39 is 19.0 Å². The van der Waals surface area contributed by atoms with Crippen molar-refractivity contribution in [1.82, 2.24) is 5.32 Å². The number of hydrogen-bond acceptors (Lipinski definition) is 2. The number of alkyl halides is 4. The van der Waals surface area contributed by atoms with Crippen LogP contribution >= 0.6 is 0 Å². The molecule has 2 nitrogen and oxygen atoms in total. The summed E-state index contributed by atoms with van der Waals surface area (Å²) in [4.78, 5) is 0. The Hall–Kier alpha value is -0.360. The Kier molecular flexibility index (Phi) is 7.23. The molecular formula is C14H25F4NO. The second kappa shape index (κ2) is 8.17. The molecule has 0 aromatic heterocycles. The molecule has 0 aromatic carbocycles. The van der Waals surface area contributed by atoms with Crippen LogP contribution < -0.4 is 5.32 Å². The molecule has 1 fully saturated rings. The third-order valence-electron chi connectivity index (χ3n) is 4.01. The highest BCUT2D eigenvalue weighted by molar-refractivity contribution is 4.81. The van der Waals surface area contributed by atoms with E-state index in [1.54, 1.807) is 0 Å². The minimum Gasteiger partial charge on any atom is -0.373 e. The molecule has 0 heterocycles. The lowest BCUT2D eigenvalue weighted by Gasteiger charge is -2.33. The van der Waals surface area contributed by atoms with E-state index in [4.69, 9.17) is 4.74 Å². The third-order valence-corrected chi connectivity index (χ3v) is 4.01. The first-order valence-electron chi connectivity index (χ1n) is 7.34. The zero-order valence-corrected chi connectivity index (χ0v) is 12.2. The largest absolute Gasteiger partial charge is 0.373 e. The van der Waals surface area contributed by atoms with E-state index in [0.717, 1.165) is 25.7 Å². The summed E-state index contributed by atoms with van der Waals surface area (Å²) in [6.45, 7) is 3.71. The molecule has 1 unspecified atom stereocenters. The normalized spacial score (nSPS) is 25.9. The summed E-state index contributed by atoms with van der Waals surface area (Å²) in [5.41, 5.74) is 0. The molecule has 0 radical (unpaired) electrons. The summed E-state index contributed by atoms with van der Waals surface area (Å²) in [5, 5.41) is 3.23. The van der Waals surface area contributed by atoms with Crippen LogP contribution in [0, 0.1) is 11.8 Å². The minimum atomic E-state index is -4.06. The van der Waals surface area contributed by atoms with Crippen molar-refractivity contribution in [2.45, 2.75) is 57.9 Å². The van der Waals surface area contributed by atoms with E-state index in [0.29, 0.717) is 18.4 Å². The fourth-order valence-corrected chi connectivity index (χ4v) is 2.70. The quantitative estimate of drug-likeness (QED) is 0.690. The Bertz CT molecular complexity index is 268. The first kappa shape index (κ1) is 17.7. The maximum atomic E-state index is 12.8. The van der Waals surface area contributed by atoms with E-state index in [-0.39, 0.29) is 12.6 Å². The van der Waals surface area contributed by atoms with E-state index in [2.05, 4.69) is 12.2 Å². The molecule has 20 heavy (non-hydrogen) atoms. The lowest BCUT2D eigenvalue weighted by Crippen LogP contribution is -2.43. The van der Waals surface area contributed by atoms with Crippen LogP contribution in [0.4, 0.5) is 17.6 Å². The molecular weight excluding hydrogens is 274 g/mol. The monoisotopic (exact) mass is 299 g/mol. The number of ether oxygens (including phenoxy) is 1. The highest BCUT2D eigenvalue weighted by atomic mass is 19.3. The molecule has 1 rings (SSSR count). The van der Waals surface area contributed by atoms with Gasteiger partial charge in [0.25, 0.3) is 0 Å². The first-order valence-corrected chi connectivity index (χ1v) is 7.34. The highest BCUT2D eigenvalue weighted by Gasteiger charge is 2.41. The Morgan fingerprint density at radius 3 is 2.30 bits per heavy atom. The molecule has 120 valence electrons. The smallest absolute Gasteiger partial charge is 0.330 e. The average Bonchev–Trinajstić information content (AvgIpc) is 2.38. The van der Waals surface area contributed by atoms with Gasteiger partial charge in [-0.3, -0.25) is 0 Å². The number of halogens is 4. The first-order chi connectivity index (χ1) is 9.36. The number of rotatable bonds is 8. The van der Waals surface area contributed by atoms with Gasteiger partial charge in [-0.1, -0.05) is 26.7 Å². The second-order valence-corrected chi connectivity index (χ2v) is 5.76. The fraction of sp³-hybridized carbons (Fsp3) is 1.00. The number of hydrogen-bond donors (Lipinski definition) is 1. The summed E-state index contributed by atoms with van der Waals surface area (Å²) in [5.74, 6) is -2.97. The summed E-state index contributed by atoms with van der Waals surface area (Å²) < 4.78 is 54.5. The number of nitrogens with one attached hydrogen (secondary N) is 1. The molecule has 0 aliphatic heterocycles. The van der Waals surface area contributed by atoms with Crippen LogP contribution in [0.2, 0.25) is 0 Å². The van der Waals surface area contributed by atoms with E-state index in [9.17, 15) is 17.6 Å². The predicted octanol–water partition coefficient (Wildman–Crippen LogP) is 3.71. The second-order valence-electron chi connectivity index (χ2n) is 5.76. The van der Waals surface area contributed by atoms with Gasteiger partial charge in [0.15, 0.2) is 0 Å². The molecule has 1 aliphatic carbocycles. The zero-order chi connectivity index (χ0) is 15.2. The number of likely N-dealkylation sites (N-methyl/N-ethyl adjacent to an activating group) is 1. The Labute approximate surface area is 118 Å². The Morgan fingerprint density at radius 2 is 1.80 bits per heavy atom. The molecule has 1 atom stereocenters. The molecule has 0 saturated heterocycles. The molecule has 0 bridgehead atoms. The molecule has 1 aliphatic rings. The van der Waals surface area contributed by atoms with Crippen LogP contribution in [0.5, 0.6) is 0 Å². The van der Waals surface area contributed by atoms with Gasteiger partial charge >= 0.3 is 12.3 Å². The zero-order valence-electron chi connectivity index (χ0n) is 12.2. The minimum absolute atomic E-state index is 0.0269. The molecule has 6 heteroatoms. The van der Waals surface area contributed by atoms with E-state index in [1.165, 1.54) is 0 Å². The van der Waals surface area contributed by atoms with Crippen molar-refractivity contribution in [1.29, 1.82) is 0 Å². The summed E-state index contributed by atoms with van der Waals surface area (Å²) in [6, 6.07) is -0.0269. The standard InChI is InChI=1S/C14H25F4NO/c1-3-19-12(11-6-4-10(2)5-7-11)8-20-9-14(17,18)13(15)16/h10-13,19H,3-9H2,1-2H3. The van der Waals surface area contributed by atoms with Crippen molar-refractivity contribution < 1.29 is 22.3 Å². The van der Waals surface area contributed by atoms with Gasteiger partial charge < -0.3 is 10.1 Å². The Balaban J connectivity index is 2.39. The van der Waals surface area contributed by atoms with Gasteiger partial charge in [-0.15, -0.1) is 0 Å². The SMILES string of the molecule is CCNC(COCC(F)(F)C(F)F)C1CCC(C)CC1. The van der Waals surface area contributed by atoms with Crippen molar-refractivity contribution >= 4 is 0 Å². The van der Waals surface area contributed by atoms with Gasteiger partial charge in [-0.25, -0.2) is 8.78 Å². The van der Waals surface area contributed by atoms with Crippen LogP contribution in [0.25, 0.3) is 0 Å². The van der Waals surface area contributed by atoms with Crippen LogP contribution in [-0.4, -0.2) is 38.1 Å². The van der Waals surface area contributed by atoms with E-state index in [1.807, 2.05) is 6.92 Å². The van der Waals surface area contributed by atoms with Crippen molar-refractivity contribution in [2.75, 3.05) is 19.8 Å². The summed E-state index contributed by atoms with van der Waals surface area (Å²) >= 11 is 0. The average molecular weight is 299 g/mol. The maximum absolute atomic E-state index is 12.8. The van der Waals surface area contributed by atoms with Crippen molar-refractivity contribution in [3.05, 3.63) is 0 Å². The van der Waals surface area contributed by atoms with Crippen LogP contribution in [0.3, 0.4) is 0 Å². The lowest BCUT2D eigenvalue weighted by atomic mass is 9.79. The van der Waals surface area contributed by atoms with Crippen molar-refractivity contribution in [2.24, 2.45) is 11.8 Å². The van der Waals surface area contributed by atoms with Gasteiger partial charge in [0.1, 0.15) is 6.61 Å². The van der Waals surface area contributed by atoms with Crippen molar-refractivity contribution in [3.63, 3.8) is 0 Å². The molecule has 0 amide bonds. The van der Waals surface area contributed by atoms with Gasteiger partial charge in [0.2, 0.25) is 0 Å². The van der Waals surface area contributed by atoms with Gasteiger partial charge in [0.05, 0.1) is 6.61 Å². The van der Waals surface area contributed by atoms with E-state index >= 15 is 0 Å². The Morgan fingerprint density at radius 1 is 1.20 bits per heavy atom. The van der Waals surface area contributed by atoms with Gasteiger partial charge in [0, 0.05) is 6.04 Å². The van der Waals surface area contributed by atoms with Crippen LogP contribution in [-0.2, 0) is 4.74 Å². The molecule has 0 aromatic rings. The van der Waals surface area contributed by atoms with Gasteiger partial charge in [-0.2, -0.15) is 8.78 Å². The van der Waals surface area contributed by atoms with Crippen LogP contribution in [0.15, 0.2) is 0 Å². The lowest BCUT2D eigenvalue weighted by molar-refractivity contribution is -0.168. The molecule has 0 spiro atoms. The van der Waals surface area contributed by atoms with Crippen LogP contribution in [0.1, 0.15) is 39.5 Å². The molecule has 1 N–H and O–H groups in total. The topological polar surface area (TPSA) is 21.3 Å². The molecule has 1 saturated carbocycles. The highest BCUT2D eigenvalue weighted by Crippen LogP contribution is 2.31. The third kappa shape index (κ3) is 5.56. The maximum Gasteiger partial charge on any atom is 0.330 e. The summed E-state index contributed by atoms with van der Waals surface area (Å²) in [7, 11) is 0. The van der Waals surface area contributed by atoms with Crippen molar-refractivity contribution in [3.8, 4) is 0 Å². The fourth-order valence-electron chi connectivity index (χ4n) is 2.70. The predicted molar refractivity (Wildman–Crippen MR) is 70.4 cm³/mol. The summed E-state index contributed by atoms with van der Waals surface area (Å²) in [6.07, 6.45) is 0.649. The van der Waals surface area contributed by atoms with Gasteiger partial charge in [-0.05, 0) is 31.2 Å².